The van der Waals surface area contributed by atoms with Crippen LogP contribution in [0.25, 0.3) is 0 Å². The van der Waals surface area contributed by atoms with Gasteiger partial charge in [0, 0.05) is 13.1 Å². The summed E-state index contributed by atoms with van der Waals surface area (Å²) < 4.78 is 25.7. The van der Waals surface area contributed by atoms with Gasteiger partial charge >= 0.3 is 5.97 Å². The molecule has 1 aliphatic rings. The third-order valence-electron chi connectivity index (χ3n) is 3.01. The van der Waals surface area contributed by atoms with Crippen molar-refractivity contribution in [3.8, 4) is 6.07 Å². The van der Waals surface area contributed by atoms with Crippen molar-refractivity contribution in [2.45, 2.75) is 11.3 Å². The largest absolute Gasteiger partial charge is 0.481 e. The van der Waals surface area contributed by atoms with Crippen molar-refractivity contribution in [3.63, 3.8) is 0 Å². The van der Waals surface area contributed by atoms with Crippen LogP contribution >= 0.6 is 0 Å². The lowest BCUT2D eigenvalue weighted by Gasteiger charge is -2.37. The molecule has 0 spiro atoms. The summed E-state index contributed by atoms with van der Waals surface area (Å²) in [5, 5.41) is 17.5. The van der Waals surface area contributed by atoms with Crippen molar-refractivity contribution in [1.29, 1.82) is 5.26 Å². The molecular weight excluding hydrogens is 268 g/mol. The van der Waals surface area contributed by atoms with E-state index in [1.807, 2.05) is 6.07 Å². The second-order valence-corrected chi connectivity index (χ2v) is 6.30. The number of carbonyl (C=O) groups is 1. The van der Waals surface area contributed by atoms with Gasteiger partial charge in [0.15, 0.2) is 0 Å². The maximum atomic E-state index is 12.3. The van der Waals surface area contributed by atoms with Crippen molar-refractivity contribution in [2.75, 3.05) is 13.1 Å². The number of carboxylic acids is 1. The van der Waals surface area contributed by atoms with Crippen LogP contribution in [0.3, 0.4) is 0 Å². The van der Waals surface area contributed by atoms with Gasteiger partial charge in [-0.3, -0.25) is 4.79 Å². The van der Waals surface area contributed by atoms with Crippen molar-refractivity contribution in [3.05, 3.63) is 29.8 Å². The molecule has 0 aliphatic carbocycles. The maximum Gasteiger partial charge on any atom is 0.303 e. The lowest BCUT2D eigenvalue weighted by Crippen LogP contribution is -2.50. The van der Waals surface area contributed by atoms with Crippen molar-refractivity contribution in [2.24, 2.45) is 5.92 Å². The molecule has 7 heteroatoms. The summed E-state index contributed by atoms with van der Waals surface area (Å²) in [6.07, 6.45) is -0.0358. The monoisotopic (exact) mass is 280 g/mol. The van der Waals surface area contributed by atoms with Crippen LogP contribution in [0.1, 0.15) is 12.0 Å². The first-order valence-corrected chi connectivity index (χ1v) is 7.10. The van der Waals surface area contributed by atoms with E-state index in [9.17, 15) is 13.2 Å². The van der Waals surface area contributed by atoms with Crippen molar-refractivity contribution < 1.29 is 18.3 Å². The SMILES string of the molecule is N#Cc1ccccc1S(=O)(=O)N1CC(CC(=O)O)C1. The first kappa shape index (κ1) is 13.5. The molecular formula is C12H12N2O4S. The molecule has 0 radical (unpaired) electrons. The summed E-state index contributed by atoms with van der Waals surface area (Å²) in [6.45, 7) is 0.378. The highest BCUT2D eigenvalue weighted by molar-refractivity contribution is 7.89. The third kappa shape index (κ3) is 2.59. The van der Waals surface area contributed by atoms with E-state index in [0.717, 1.165) is 0 Å². The van der Waals surface area contributed by atoms with E-state index in [4.69, 9.17) is 10.4 Å². The number of nitrogens with zero attached hydrogens (tertiary/aromatic N) is 2. The molecule has 0 amide bonds. The normalized spacial score (nSPS) is 16.6. The highest BCUT2D eigenvalue weighted by Gasteiger charge is 2.38. The van der Waals surface area contributed by atoms with E-state index in [-0.39, 0.29) is 35.9 Å². The fourth-order valence-corrected chi connectivity index (χ4v) is 3.75. The smallest absolute Gasteiger partial charge is 0.303 e. The number of carboxylic acid groups (broad SMARTS) is 1. The molecule has 1 heterocycles. The number of nitriles is 1. The Morgan fingerprint density at radius 1 is 1.42 bits per heavy atom. The van der Waals surface area contributed by atoms with Crippen LogP contribution < -0.4 is 0 Å². The molecule has 0 saturated carbocycles. The predicted octanol–water partition coefficient (Wildman–Crippen LogP) is 0.653. The Morgan fingerprint density at radius 2 is 2.05 bits per heavy atom. The summed E-state index contributed by atoms with van der Waals surface area (Å²) in [5.41, 5.74) is 0.101. The minimum atomic E-state index is -3.70. The lowest BCUT2D eigenvalue weighted by molar-refractivity contribution is -0.139. The van der Waals surface area contributed by atoms with Gasteiger partial charge in [0.2, 0.25) is 10.0 Å². The molecule has 1 fully saturated rings. The Kier molecular flexibility index (Phi) is 3.55. The van der Waals surface area contributed by atoms with Crippen LogP contribution in [0.15, 0.2) is 29.2 Å². The number of hydrogen-bond acceptors (Lipinski definition) is 4. The van der Waals surface area contributed by atoms with Crippen molar-refractivity contribution in [1.82, 2.24) is 4.31 Å². The molecule has 0 aromatic heterocycles. The molecule has 0 unspecified atom stereocenters. The Labute approximate surface area is 110 Å². The molecule has 0 atom stereocenters. The first-order chi connectivity index (χ1) is 8.95. The van der Waals surface area contributed by atoms with Gasteiger partial charge in [-0.1, -0.05) is 12.1 Å². The summed E-state index contributed by atoms with van der Waals surface area (Å²) >= 11 is 0. The Bertz CT molecular complexity index is 642. The number of benzene rings is 1. The van der Waals surface area contributed by atoms with Crippen LogP contribution in [0, 0.1) is 17.2 Å². The fraction of sp³-hybridized carbons (Fsp3) is 0.333. The zero-order chi connectivity index (χ0) is 14.0. The molecule has 1 saturated heterocycles. The van der Waals surface area contributed by atoms with Gasteiger partial charge < -0.3 is 5.11 Å². The van der Waals surface area contributed by atoms with Crippen LogP contribution in [-0.2, 0) is 14.8 Å². The van der Waals surface area contributed by atoms with E-state index in [2.05, 4.69) is 0 Å². The second-order valence-electron chi connectivity index (χ2n) is 4.39. The molecule has 2 rings (SSSR count). The highest BCUT2D eigenvalue weighted by atomic mass is 32.2. The van der Waals surface area contributed by atoms with Crippen LogP contribution in [-0.4, -0.2) is 36.9 Å². The van der Waals surface area contributed by atoms with E-state index in [1.54, 1.807) is 12.1 Å². The molecule has 1 aromatic rings. The molecule has 19 heavy (non-hydrogen) atoms. The molecule has 0 bridgehead atoms. The molecule has 1 N–H and O–H groups in total. The van der Waals surface area contributed by atoms with Crippen LogP contribution in [0.2, 0.25) is 0 Å². The average molecular weight is 280 g/mol. The summed E-state index contributed by atoms with van der Waals surface area (Å²) in [5.74, 6) is -1.08. The first-order valence-electron chi connectivity index (χ1n) is 5.66. The van der Waals surface area contributed by atoms with E-state index < -0.39 is 16.0 Å². The predicted molar refractivity (Wildman–Crippen MR) is 65.7 cm³/mol. The number of sulfonamides is 1. The van der Waals surface area contributed by atoms with Gasteiger partial charge in [-0.05, 0) is 18.1 Å². The van der Waals surface area contributed by atoms with Gasteiger partial charge in [-0.2, -0.15) is 9.57 Å². The number of aliphatic carboxylic acids is 1. The zero-order valence-corrected chi connectivity index (χ0v) is 10.8. The summed E-state index contributed by atoms with van der Waals surface area (Å²) in [4.78, 5) is 10.5. The quantitative estimate of drug-likeness (QED) is 0.873. The molecule has 1 aliphatic heterocycles. The summed E-state index contributed by atoms with van der Waals surface area (Å²) in [7, 11) is -3.70. The van der Waals surface area contributed by atoms with E-state index in [0.29, 0.717) is 0 Å². The Morgan fingerprint density at radius 3 is 2.63 bits per heavy atom. The molecule has 6 nitrogen and oxygen atoms in total. The topological polar surface area (TPSA) is 98.5 Å². The molecule has 100 valence electrons. The van der Waals surface area contributed by atoms with Crippen LogP contribution in [0.5, 0.6) is 0 Å². The standard InChI is InChI=1S/C12H12N2O4S/c13-6-10-3-1-2-4-11(10)19(17,18)14-7-9(8-14)5-12(15)16/h1-4,9H,5,7-8H2,(H,15,16). The van der Waals surface area contributed by atoms with E-state index >= 15 is 0 Å². The van der Waals surface area contributed by atoms with Gasteiger partial charge in [-0.25, -0.2) is 8.42 Å². The summed E-state index contributed by atoms with van der Waals surface area (Å²) in [6, 6.07) is 7.84. The second kappa shape index (κ2) is 4.99. The van der Waals surface area contributed by atoms with Gasteiger partial charge in [-0.15, -0.1) is 0 Å². The Hall–Kier alpha value is -1.91. The molecule has 1 aromatic carbocycles. The van der Waals surface area contributed by atoms with E-state index in [1.165, 1.54) is 16.4 Å². The number of rotatable bonds is 4. The lowest BCUT2D eigenvalue weighted by atomic mass is 10.00. The van der Waals surface area contributed by atoms with Gasteiger partial charge in [0.25, 0.3) is 0 Å². The van der Waals surface area contributed by atoms with Gasteiger partial charge in [0.05, 0.1) is 16.9 Å². The average Bonchev–Trinajstić information content (AvgIpc) is 2.32. The fourth-order valence-electron chi connectivity index (χ4n) is 2.02. The van der Waals surface area contributed by atoms with Crippen LogP contribution in [0.4, 0.5) is 0 Å². The zero-order valence-electron chi connectivity index (χ0n) is 9.98. The minimum absolute atomic E-state index is 0.0220. The number of hydrogen-bond donors (Lipinski definition) is 1. The maximum absolute atomic E-state index is 12.3. The Balaban J connectivity index is 2.17. The third-order valence-corrected chi connectivity index (χ3v) is 4.90. The van der Waals surface area contributed by atoms with Gasteiger partial charge in [0.1, 0.15) is 6.07 Å². The minimum Gasteiger partial charge on any atom is -0.481 e. The highest BCUT2D eigenvalue weighted by Crippen LogP contribution is 2.28. The van der Waals surface area contributed by atoms with Crippen molar-refractivity contribution >= 4 is 16.0 Å².